The van der Waals surface area contributed by atoms with Crippen LogP contribution in [0.3, 0.4) is 0 Å². The predicted octanol–water partition coefficient (Wildman–Crippen LogP) is 2.43. The summed E-state index contributed by atoms with van der Waals surface area (Å²) in [4.78, 5) is 0. The van der Waals surface area contributed by atoms with E-state index >= 15 is 0 Å². The van der Waals surface area contributed by atoms with Gasteiger partial charge in [0.15, 0.2) is 5.84 Å². The average molecular weight is 271 g/mol. The van der Waals surface area contributed by atoms with Gasteiger partial charge in [-0.1, -0.05) is 18.2 Å². The fraction of sp³-hybridized carbons (Fsp3) is 0.133. The molecule has 0 fully saturated rings. The monoisotopic (exact) mass is 271 g/mol. The Kier molecular flexibility index (Phi) is 4.57. The van der Waals surface area contributed by atoms with E-state index in [4.69, 9.17) is 20.7 Å². The number of anilines is 1. The third kappa shape index (κ3) is 3.49. The highest BCUT2D eigenvalue weighted by molar-refractivity contribution is 5.95. The van der Waals surface area contributed by atoms with Crippen LogP contribution < -0.4 is 20.3 Å². The molecule has 0 radical (unpaired) electrons. The standard InChI is InChI=1S/C15H17N3O2/c1-19-13-9-7-12(8-10-13)18(17)15(16)11-20-14-5-3-2-4-6-14/h2-10,16H,11,17H2,1H3. The fourth-order valence-corrected chi connectivity index (χ4v) is 1.64. The van der Waals surface area contributed by atoms with Crippen LogP contribution in [0, 0.1) is 5.41 Å². The Bertz CT molecular complexity index is 555. The molecule has 0 aromatic heterocycles. The third-order valence-electron chi connectivity index (χ3n) is 2.76. The Hall–Kier alpha value is -2.53. The van der Waals surface area contributed by atoms with Gasteiger partial charge in [-0.2, -0.15) is 0 Å². The zero-order chi connectivity index (χ0) is 14.4. The molecule has 5 heteroatoms. The number of hydrogen-bond donors (Lipinski definition) is 2. The topological polar surface area (TPSA) is 71.6 Å². The molecule has 0 unspecified atom stereocenters. The lowest BCUT2D eigenvalue weighted by Gasteiger charge is -2.19. The van der Waals surface area contributed by atoms with Gasteiger partial charge in [0.1, 0.15) is 18.1 Å². The minimum absolute atomic E-state index is 0.104. The molecule has 0 aliphatic heterocycles. The Balaban J connectivity index is 1.94. The highest BCUT2D eigenvalue weighted by Gasteiger charge is 2.09. The van der Waals surface area contributed by atoms with E-state index in [2.05, 4.69) is 0 Å². The van der Waals surface area contributed by atoms with Crippen molar-refractivity contribution in [3.05, 3.63) is 54.6 Å². The number of rotatable bonds is 5. The van der Waals surface area contributed by atoms with Gasteiger partial charge in [-0.05, 0) is 36.4 Å². The van der Waals surface area contributed by atoms with Crippen LogP contribution in [0.5, 0.6) is 11.5 Å². The van der Waals surface area contributed by atoms with Crippen molar-refractivity contribution in [1.82, 2.24) is 0 Å². The van der Waals surface area contributed by atoms with Gasteiger partial charge in [0.05, 0.1) is 12.8 Å². The maximum atomic E-state index is 7.92. The minimum atomic E-state index is 0.104. The van der Waals surface area contributed by atoms with Crippen molar-refractivity contribution < 1.29 is 9.47 Å². The van der Waals surface area contributed by atoms with Crippen molar-refractivity contribution in [2.45, 2.75) is 0 Å². The molecule has 2 rings (SSSR count). The smallest absolute Gasteiger partial charge is 0.154 e. The van der Waals surface area contributed by atoms with Crippen LogP contribution in [0.2, 0.25) is 0 Å². The van der Waals surface area contributed by atoms with Gasteiger partial charge in [0.2, 0.25) is 0 Å². The molecule has 20 heavy (non-hydrogen) atoms. The summed E-state index contributed by atoms with van der Waals surface area (Å²) in [6.07, 6.45) is 0. The number of ether oxygens (including phenoxy) is 2. The molecule has 0 aliphatic carbocycles. The summed E-state index contributed by atoms with van der Waals surface area (Å²) in [5, 5.41) is 9.20. The molecule has 104 valence electrons. The summed E-state index contributed by atoms with van der Waals surface area (Å²) < 4.78 is 10.6. The van der Waals surface area contributed by atoms with Crippen LogP contribution in [0.1, 0.15) is 0 Å². The van der Waals surface area contributed by atoms with Crippen LogP contribution in [-0.2, 0) is 0 Å². The van der Waals surface area contributed by atoms with E-state index in [1.165, 1.54) is 5.01 Å². The number of para-hydroxylation sites is 1. The highest BCUT2D eigenvalue weighted by atomic mass is 16.5. The molecule has 0 spiro atoms. The van der Waals surface area contributed by atoms with Crippen molar-refractivity contribution in [3.63, 3.8) is 0 Å². The van der Waals surface area contributed by atoms with Crippen LogP contribution in [-0.4, -0.2) is 19.6 Å². The Morgan fingerprint density at radius 3 is 2.30 bits per heavy atom. The quantitative estimate of drug-likeness (QED) is 0.379. The molecule has 5 nitrogen and oxygen atoms in total. The van der Waals surface area contributed by atoms with E-state index < -0.39 is 0 Å². The number of hydrazine groups is 1. The first-order chi connectivity index (χ1) is 9.70. The minimum Gasteiger partial charge on any atom is -0.497 e. The van der Waals surface area contributed by atoms with E-state index in [0.717, 1.165) is 5.75 Å². The lowest BCUT2D eigenvalue weighted by atomic mass is 10.3. The van der Waals surface area contributed by atoms with Crippen molar-refractivity contribution in [2.24, 2.45) is 5.84 Å². The molecule has 0 heterocycles. The number of hydrogen-bond acceptors (Lipinski definition) is 4. The van der Waals surface area contributed by atoms with Gasteiger partial charge in [0, 0.05) is 0 Å². The highest BCUT2D eigenvalue weighted by Crippen LogP contribution is 2.17. The predicted molar refractivity (Wildman–Crippen MR) is 79.3 cm³/mol. The van der Waals surface area contributed by atoms with Gasteiger partial charge >= 0.3 is 0 Å². The molecule has 2 aromatic carbocycles. The Morgan fingerprint density at radius 1 is 1.05 bits per heavy atom. The molecule has 0 aliphatic rings. The van der Waals surface area contributed by atoms with Crippen LogP contribution in [0.25, 0.3) is 0 Å². The Morgan fingerprint density at radius 2 is 1.70 bits per heavy atom. The van der Waals surface area contributed by atoms with Crippen molar-refractivity contribution in [3.8, 4) is 11.5 Å². The molecule has 3 N–H and O–H groups in total. The number of nitrogens with zero attached hydrogens (tertiary/aromatic N) is 1. The second kappa shape index (κ2) is 6.58. The van der Waals surface area contributed by atoms with Gasteiger partial charge < -0.3 is 9.47 Å². The second-order valence-corrected chi connectivity index (χ2v) is 4.12. The number of nitrogens with two attached hydrogens (primary N) is 1. The van der Waals surface area contributed by atoms with Crippen LogP contribution >= 0.6 is 0 Å². The first-order valence-electron chi connectivity index (χ1n) is 6.15. The van der Waals surface area contributed by atoms with Gasteiger partial charge in [-0.25, -0.2) is 5.84 Å². The van der Waals surface area contributed by atoms with Gasteiger partial charge in [0.25, 0.3) is 0 Å². The maximum absolute atomic E-state index is 7.92. The molecule has 0 saturated heterocycles. The lowest BCUT2D eigenvalue weighted by Crippen LogP contribution is -2.40. The summed E-state index contributed by atoms with van der Waals surface area (Å²) in [7, 11) is 1.60. The largest absolute Gasteiger partial charge is 0.497 e. The normalized spacial score (nSPS) is 9.90. The maximum Gasteiger partial charge on any atom is 0.154 e. The van der Waals surface area contributed by atoms with Crippen LogP contribution in [0.15, 0.2) is 54.6 Å². The Labute approximate surface area is 118 Å². The lowest BCUT2D eigenvalue weighted by molar-refractivity contribution is 0.373. The molecule has 0 amide bonds. The van der Waals surface area contributed by atoms with Crippen LogP contribution in [0.4, 0.5) is 5.69 Å². The van der Waals surface area contributed by atoms with E-state index in [1.807, 2.05) is 30.3 Å². The second-order valence-electron chi connectivity index (χ2n) is 4.12. The summed E-state index contributed by atoms with van der Waals surface area (Å²) in [6.45, 7) is 0.104. The summed E-state index contributed by atoms with van der Waals surface area (Å²) >= 11 is 0. The zero-order valence-corrected chi connectivity index (χ0v) is 11.2. The van der Waals surface area contributed by atoms with E-state index in [1.54, 1.807) is 31.4 Å². The molecule has 0 saturated carbocycles. The summed E-state index contributed by atoms with van der Waals surface area (Å²) in [5.41, 5.74) is 0.701. The number of benzene rings is 2. The first-order valence-corrected chi connectivity index (χ1v) is 6.15. The van der Waals surface area contributed by atoms with Gasteiger partial charge in [-0.15, -0.1) is 0 Å². The van der Waals surface area contributed by atoms with Crippen molar-refractivity contribution in [2.75, 3.05) is 18.7 Å². The average Bonchev–Trinajstić information content (AvgIpc) is 2.53. The SMILES string of the molecule is COc1ccc(N(N)C(=N)COc2ccccc2)cc1. The number of amidine groups is 1. The number of nitrogens with one attached hydrogen (secondary N) is 1. The van der Waals surface area contributed by atoms with Crippen molar-refractivity contribution in [1.29, 1.82) is 5.41 Å². The molecule has 0 atom stereocenters. The molecular weight excluding hydrogens is 254 g/mol. The number of methoxy groups -OCH3 is 1. The first kappa shape index (κ1) is 13.9. The summed E-state index contributed by atoms with van der Waals surface area (Å²) in [5.74, 6) is 7.50. The van der Waals surface area contributed by atoms with E-state index in [9.17, 15) is 0 Å². The summed E-state index contributed by atoms with van der Waals surface area (Å²) in [6, 6.07) is 16.5. The van der Waals surface area contributed by atoms with E-state index in [0.29, 0.717) is 11.4 Å². The molecule has 0 bridgehead atoms. The van der Waals surface area contributed by atoms with Gasteiger partial charge in [-0.3, -0.25) is 10.4 Å². The molecule has 2 aromatic rings. The van der Waals surface area contributed by atoms with E-state index in [-0.39, 0.29) is 12.4 Å². The third-order valence-corrected chi connectivity index (χ3v) is 2.76. The fourth-order valence-electron chi connectivity index (χ4n) is 1.64. The zero-order valence-electron chi connectivity index (χ0n) is 11.2. The molecular formula is C15H17N3O2. The van der Waals surface area contributed by atoms with Crippen molar-refractivity contribution >= 4 is 11.5 Å².